The third kappa shape index (κ3) is 6.32. The van der Waals surface area contributed by atoms with Gasteiger partial charge < -0.3 is 0 Å². The second-order valence-electron chi connectivity index (χ2n) is 2.41. The summed E-state index contributed by atoms with van der Waals surface area (Å²) in [6.07, 6.45) is 4.01. The molecule has 0 amide bonds. The molecular formula is C7H16BrN. The number of rotatable bonds is 5. The lowest BCUT2D eigenvalue weighted by Crippen LogP contribution is -2.16. The van der Waals surface area contributed by atoms with Crippen molar-refractivity contribution in [1.82, 2.24) is 4.90 Å². The maximum absolute atomic E-state index is 3.39. The van der Waals surface area contributed by atoms with Gasteiger partial charge in [0, 0.05) is 0 Å². The minimum Gasteiger partial charge on any atom is -0.297 e. The van der Waals surface area contributed by atoms with E-state index in [2.05, 4.69) is 34.8 Å². The Bertz CT molecular complexity index is 56.9. The van der Waals surface area contributed by atoms with E-state index in [1.165, 1.54) is 25.8 Å². The third-order valence-electron chi connectivity index (χ3n) is 1.35. The van der Waals surface area contributed by atoms with Gasteiger partial charge in [0.25, 0.3) is 0 Å². The van der Waals surface area contributed by atoms with E-state index in [9.17, 15) is 0 Å². The smallest absolute Gasteiger partial charge is 0.0539 e. The molecule has 0 spiro atoms. The minimum atomic E-state index is 0.997. The first-order valence-corrected chi connectivity index (χ1v) is 4.68. The highest BCUT2D eigenvalue weighted by Crippen LogP contribution is 1.97. The van der Waals surface area contributed by atoms with E-state index < -0.39 is 0 Å². The van der Waals surface area contributed by atoms with Crippen molar-refractivity contribution in [3.63, 3.8) is 0 Å². The second kappa shape index (κ2) is 6.56. The Morgan fingerprint density at radius 2 is 2.00 bits per heavy atom. The van der Waals surface area contributed by atoms with Crippen LogP contribution < -0.4 is 0 Å². The highest BCUT2D eigenvalue weighted by atomic mass is 79.9. The lowest BCUT2D eigenvalue weighted by Gasteiger charge is -2.10. The van der Waals surface area contributed by atoms with E-state index in [4.69, 9.17) is 0 Å². The molecule has 0 bridgehead atoms. The van der Waals surface area contributed by atoms with Crippen molar-refractivity contribution in [3.05, 3.63) is 0 Å². The van der Waals surface area contributed by atoms with Crippen molar-refractivity contribution in [2.45, 2.75) is 26.2 Å². The van der Waals surface area contributed by atoms with Crippen molar-refractivity contribution >= 4 is 15.9 Å². The monoisotopic (exact) mass is 193 g/mol. The number of hydrogen-bond donors (Lipinski definition) is 0. The van der Waals surface area contributed by atoms with Crippen LogP contribution in [0.15, 0.2) is 0 Å². The molecule has 1 nitrogen and oxygen atoms in total. The van der Waals surface area contributed by atoms with Gasteiger partial charge in [-0.05, 0) is 20.0 Å². The lowest BCUT2D eigenvalue weighted by molar-refractivity contribution is 0.382. The Morgan fingerprint density at radius 3 is 2.44 bits per heavy atom. The van der Waals surface area contributed by atoms with Crippen molar-refractivity contribution in [2.24, 2.45) is 0 Å². The second-order valence-corrected chi connectivity index (χ2v) is 2.91. The molecule has 0 aliphatic heterocycles. The summed E-state index contributed by atoms with van der Waals surface area (Å²) in [6.45, 7) is 3.45. The van der Waals surface area contributed by atoms with Gasteiger partial charge in [0.2, 0.25) is 0 Å². The molecule has 0 aliphatic carbocycles. The van der Waals surface area contributed by atoms with Gasteiger partial charge in [-0.1, -0.05) is 35.7 Å². The minimum absolute atomic E-state index is 0.997. The first kappa shape index (κ1) is 9.44. The summed E-state index contributed by atoms with van der Waals surface area (Å²) in [7, 11) is 2.13. The molecule has 0 fully saturated rings. The third-order valence-corrected chi connectivity index (χ3v) is 2.20. The van der Waals surface area contributed by atoms with Gasteiger partial charge in [-0.15, -0.1) is 0 Å². The molecular weight excluding hydrogens is 178 g/mol. The Morgan fingerprint density at radius 1 is 1.33 bits per heavy atom. The highest BCUT2D eigenvalue weighted by molar-refractivity contribution is 9.09. The Kier molecular flexibility index (Phi) is 6.88. The fourth-order valence-corrected chi connectivity index (χ4v) is 0.942. The summed E-state index contributed by atoms with van der Waals surface area (Å²) < 4.78 is 0. The zero-order valence-electron chi connectivity index (χ0n) is 6.36. The molecule has 0 atom stereocenters. The highest BCUT2D eigenvalue weighted by Gasteiger charge is 1.92. The SMILES string of the molecule is CCCCCN(C)CBr. The van der Waals surface area contributed by atoms with Gasteiger partial charge in [-0.25, -0.2) is 0 Å². The first-order chi connectivity index (χ1) is 4.31. The zero-order valence-corrected chi connectivity index (χ0v) is 7.95. The van der Waals surface area contributed by atoms with Crippen LogP contribution in [-0.4, -0.2) is 23.9 Å². The summed E-state index contributed by atoms with van der Waals surface area (Å²) in [6, 6.07) is 0. The van der Waals surface area contributed by atoms with Crippen LogP contribution in [0.2, 0.25) is 0 Å². The largest absolute Gasteiger partial charge is 0.297 e. The van der Waals surface area contributed by atoms with E-state index in [1.54, 1.807) is 0 Å². The molecule has 0 saturated heterocycles. The predicted molar refractivity (Wildman–Crippen MR) is 45.9 cm³/mol. The Balaban J connectivity index is 2.88. The quantitative estimate of drug-likeness (QED) is 0.369. The van der Waals surface area contributed by atoms with Crippen LogP contribution in [0, 0.1) is 0 Å². The van der Waals surface area contributed by atoms with E-state index in [0.29, 0.717) is 0 Å². The van der Waals surface area contributed by atoms with E-state index in [1.807, 2.05) is 0 Å². The fourth-order valence-electron chi connectivity index (χ4n) is 0.691. The standard InChI is InChI=1S/C7H16BrN/c1-3-4-5-6-9(2)7-8/h3-7H2,1-2H3. The van der Waals surface area contributed by atoms with Crippen LogP contribution in [0.1, 0.15) is 26.2 Å². The van der Waals surface area contributed by atoms with Crippen LogP contribution in [0.25, 0.3) is 0 Å². The molecule has 2 heteroatoms. The molecule has 0 aromatic heterocycles. The molecule has 0 unspecified atom stereocenters. The van der Waals surface area contributed by atoms with Crippen molar-refractivity contribution < 1.29 is 0 Å². The predicted octanol–water partition coefficient (Wildman–Crippen LogP) is 2.46. The van der Waals surface area contributed by atoms with Crippen LogP contribution in [0.4, 0.5) is 0 Å². The molecule has 0 saturated carbocycles. The van der Waals surface area contributed by atoms with Gasteiger partial charge in [0.15, 0.2) is 0 Å². The van der Waals surface area contributed by atoms with Gasteiger partial charge in [-0.2, -0.15) is 0 Å². The Labute approximate surface area is 66.6 Å². The van der Waals surface area contributed by atoms with Crippen molar-refractivity contribution in [2.75, 3.05) is 19.0 Å². The van der Waals surface area contributed by atoms with E-state index in [0.717, 1.165) is 5.45 Å². The number of alkyl halides is 1. The molecule has 0 rings (SSSR count). The van der Waals surface area contributed by atoms with E-state index in [-0.39, 0.29) is 0 Å². The molecule has 0 heterocycles. The number of unbranched alkanes of at least 4 members (excludes halogenated alkanes) is 2. The lowest BCUT2D eigenvalue weighted by atomic mass is 10.2. The summed E-state index contributed by atoms with van der Waals surface area (Å²) in [4.78, 5) is 2.27. The number of nitrogens with zero attached hydrogens (tertiary/aromatic N) is 1. The topological polar surface area (TPSA) is 3.24 Å². The van der Waals surface area contributed by atoms with Gasteiger partial charge >= 0.3 is 0 Å². The molecule has 0 aromatic rings. The molecule has 0 radical (unpaired) electrons. The summed E-state index contributed by atoms with van der Waals surface area (Å²) in [5.74, 6) is 0. The molecule has 0 aromatic carbocycles. The molecule has 56 valence electrons. The van der Waals surface area contributed by atoms with Crippen LogP contribution in [0.3, 0.4) is 0 Å². The average Bonchev–Trinajstić information content (AvgIpc) is 1.89. The molecule has 0 aliphatic rings. The number of hydrogen-bond acceptors (Lipinski definition) is 1. The Hall–Kier alpha value is 0.440. The van der Waals surface area contributed by atoms with Gasteiger partial charge in [0.1, 0.15) is 0 Å². The van der Waals surface area contributed by atoms with Crippen LogP contribution >= 0.6 is 15.9 Å². The normalized spacial score (nSPS) is 10.7. The average molecular weight is 194 g/mol. The summed E-state index contributed by atoms with van der Waals surface area (Å²) in [5.41, 5.74) is 0.997. The van der Waals surface area contributed by atoms with Gasteiger partial charge in [0.05, 0.1) is 5.45 Å². The maximum Gasteiger partial charge on any atom is 0.0539 e. The van der Waals surface area contributed by atoms with Crippen molar-refractivity contribution in [3.8, 4) is 0 Å². The van der Waals surface area contributed by atoms with E-state index >= 15 is 0 Å². The van der Waals surface area contributed by atoms with Crippen molar-refractivity contribution in [1.29, 1.82) is 0 Å². The zero-order chi connectivity index (χ0) is 7.11. The van der Waals surface area contributed by atoms with Gasteiger partial charge in [-0.3, -0.25) is 4.90 Å². The summed E-state index contributed by atoms with van der Waals surface area (Å²) in [5, 5.41) is 0. The fraction of sp³-hybridized carbons (Fsp3) is 1.00. The maximum atomic E-state index is 3.39. The molecule has 0 N–H and O–H groups in total. The first-order valence-electron chi connectivity index (χ1n) is 3.55. The van der Waals surface area contributed by atoms with Crippen LogP contribution in [0.5, 0.6) is 0 Å². The molecule has 9 heavy (non-hydrogen) atoms. The van der Waals surface area contributed by atoms with Crippen LogP contribution in [-0.2, 0) is 0 Å². The number of halogens is 1. The summed E-state index contributed by atoms with van der Waals surface area (Å²) >= 11 is 3.39.